The van der Waals surface area contributed by atoms with Crippen LogP contribution < -0.4 is 0 Å². The molecule has 0 atom stereocenters. The summed E-state index contributed by atoms with van der Waals surface area (Å²) in [6.07, 6.45) is -1.13. The Bertz CT molecular complexity index is 890. The molecule has 8 heteroatoms. The van der Waals surface area contributed by atoms with Gasteiger partial charge in [0, 0.05) is 38.8 Å². The van der Waals surface area contributed by atoms with Crippen LogP contribution in [0, 0.1) is 0 Å². The lowest BCUT2D eigenvalue weighted by Gasteiger charge is -2.34. The number of hydrogen-bond donors (Lipinski definition) is 0. The second-order valence-corrected chi connectivity index (χ2v) is 7.62. The summed E-state index contributed by atoms with van der Waals surface area (Å²) in [7, 11) is 0. The van der Waals surface area contributed by atoms with Crippen molar-refractivity contribution in [2.24, 2.45) is 0 Å². The average Bonchev–Trinajstić information content (AvgIpc) is 2.69. The summed E-state index contributed by atoms with van der Waals surface area (Å²) in [5.41, 5.74) is 0.955. The van der Waals surface area contributed by atoms with E-state index in [2.05, 4.69) is 4.90 Å². The zero-order valence-electron chi connectivity index (χ0n) is 15.4. The summed E-state index contributed by atoms with van der Waals surface area (Å²) < 4.78 is 37.9. The minimum Gasteiger partial charge on any atom is -0.337 e. The minimum absolute atomic E-state index is 0.0924. The van der Waals surface area contributed by atoms with E-state index in [9.17, 15) is 18.0 Å². The number of carbonyl (C=O) groups excluding carboxylic acids is 1. The Balaban J connectivity index is 1.50. The van der Waals surface area contributed by atoms with Gasteiger partial charge in [-0.15, -0.1) is 0 Å². The second kappa shape index (κ2) is 9.20. The van der Waals surface area contributed by atoms with Crippen molar-refractivity contribution in [3.8, 4) is 0 Å². The Morgan fingerprint density at radius 3 is 2.21 bits per heavy atom. The molecule has 154 valence electrons. The highest BCUT2D eigenvalue weighted by Crippen LogP contribution is 2.29. The van der Waals surface area contributed by atoms with Gasteiger partial charge in [-0.2, -0.15) is 13.2 Å². The predicted molar refractivity (Wildman–Crippen MR) is 109 cm³/mol. The number of amides is 1. The molecule has 0 N–H and O–H groups in total. The highest BCUT2D eigenvalue weighted by molar-refractivity contribution is 6.42. The van der Waals surface area contributed by atoms with Crippen molar-refractivity contribution in [2.75, 3.05) is 26.2 Å². The van der Waals surface area contributed by atoms with Gasteiger partial charge in [0.05, 0.1) is 15.6 Å². The van der Waals surface area contributed by atoms with E-state index in [-0.39, 0.29) is 5.91 Å². The molecule has 1 fully saturated rings. The number of halogens is 5. The first-order valence-corrected chi connectivity index (χ1v) is 9.78. The zero-order chi connectivity index (χ0) is 21.0. The molecule has 0 radical (unpaired) electrons. The molecule has 0 aliphatic carbocycles. The smallest absolute Gasteiger partial charge is 0.337 e. The van der Waals surface area contributed by atoms with Gasteiger partial charge in [-0.05, 0) is 41.5 Å². The largest absolute Gasteiger partial charge is 0.416 e. The summed E-state index contributed by atoms with van der Waals surface area (Å²) in [5.74, 6) is -0.0924. The van der Waals surface area contributed by atoms with Gasteiger partial charge in [-0.3, -0.25) is 9.69 Å². The van der Waals surface area contributed by atoms with Gasteiger partial charge in [0.25, 0.3) is 0 Å². The number of alkyl halides is 3. The van der Waals surface area contributed by atoms with E-state index in [0.29, 0.717) is 42.8 Å². The third kappa shape index (κ3) is 5.98. The van der Waals surface area contributed by atoms with Crippen LogP contribution in [-0.4, -0.2) is 41.9 Å². The maximum atomic E-state index is 12.6. The molecule has 3 rings (SSSR count). The number of hydrogen-bond acceptors (Lipinski definition) is 2. The maximum Gasteiger partial charge on any atom is 0.416 e. The Hall–Kier alpha value is -2.02. The predicted octanol–water partition coefficient (Wildman–Crippen LogP) is 5.37. The molecule has 29 heavy (non-hydrogen) atoms. The van der Waals surface area contributed by atoms with Crippen molar-refractivity contribution >= 4 is 35.2 Å². The second-order valence-electron chi connectivity index (χ2n) is 6.80. The summed E-state index contributed by atoms with van der Waals surface area (Å²) >= 11 is 11.8. The molecule has 1 heterocycles. The van der Waals surface area contributed by atoms with Crippen LogP contribution in [0.5, 0.6) is 0 Å². The molecule has 0 unspecified atom stereocenters. The molecule has 3 nitrogen and oxygen atoms in total. The number of rotatable bonds is 4. The van der Waals surface area contributed by atoms with Gasteiger partial charge in [0.15, 0.2) is 0 Å². The van der Waals surface area contributed by atoms with Crippen molar-refractivity contribution in [1.82, 2.24) is 9.80 Å². The summed E-state index contributed by atoms with van der Waals surface area (Å²) in [6.45, 7) is 3.00. The maximum absolute atomic E-state index is 12.6. The fourth-order valence-corrected chi connectivity index (χ4v) is 3.38. The van der Waals surface area contributed by atoms with Crippen LogP contribution in [0.1, 0.15) is 16.7 Å². The molecular formula is C21H19Cl2F3N2O. The Kier molecular flexibility index (Phi) is 6.88. The Morgan fingerprint density at radius 1 is 0.966 bits per heavy atom. The van der Waals surface area contributed by atoms with E-state index in [0.717, 1.165) is 23.3 Å². The van der Waals surface area contributed by atoms with Crippen LogP contribution in [0.15, 0.2) is 48.5 Å². The minimum atomic E-state index is -4.32. The highest BCUT2D eigenvalue weighted by atomic mass is 35.5. The van der Waals surface area contributed by atoms with Crippen molar-refractivity contribution in [3.63, 3.8) is 0 Å². The van der Waals surface area contributed by atoms with Gasteiger partial charge in [0.2, 0.25) is 5.91 Å². The molecule has 1 aliphatic rings. The lowest BCUT2D eigenvalue weighted by molar-refractivity contribution is -0.137. The third-order valence-corrected chi connectivity index (χ3v) is 5.47. The molecule has 2 aromatic carbocycles. The number of carbonyl (C=O) groups is 1. The third-order valence-electron chi connectivity index (χ3n) is 4.73. The lowest BCUT2D eigenvalue weighted by Crippen LogP contribution is -2.47. The Labute approximate surface area is 177 Å². The van der Waals surface area contributed by atoms with Gasteiger partial charge < -0.3 is 4.90 Å². The molecule has 1 saturated heterocycles. The van der Waals surface area contributed by atoms with E-state index in [1.807, 2.05) is 0 Å². The first kappa shape index (κ1) is 21.7. The number of piperazine rings is 1. The SMILES string of the molecule is O=C(C=Cc1ccc(Cl)c(Cl)c1)N1CCN(Cc2ccc(C(F)(F)F)cc2)CC1. The van der Waals surface area contributed by atoms with E-state index < -0.39 is 11.7 Å². The fraction of sp³-hybridized carbons (Fsp3) is 0.286. The van der Waals surface area contributed by atoms with Gasteiger partial charge in [-0.1, -0.05) is 41.4 Å². The standard InChI is InChI=1S/C21H19Cl2F3N2O/c22-18-7-3-15(13-19(18)23)4-8-20(29)28-11-9-27(10-12-28)14-16-1-5-17(6-2-16)21(24,25)26/h1-8,13H,9-12,14H2. The van der Waals surface area contributed by atoms with Gasteiger partial charge >= 0.3 is 6.18 Å². The van der Waals surface area contributed by atoms with Gasteiger partial charge in [-0.25, -0.2) is 0 Å². The van der Waals surface area contributed by atoms with E-state index in [1.165, 1.54) is 18.2 Å². The molecule has 0 saturated carbocycles. The van der Waals surface area contributed by atoms with E-state index in [4.69, 9.17) is 23.2 Å². The van der Waals surface area contributed by atoms with Crippen molar-refractivity contribution in [3.05, 3.63) is 75.3 Å². The molecule has 2 aromatic rings. The van der Waals surface area contributed by atoms with Crippen LogP contribution in [0.3, 0.4) is 0 Å². The molecule has 1 amide bonds. The first-order valence-electron chi connectivity index (χ1n) is 9.03. The summed E-state index contributed by atoms with van der Waals surface area (Å²) in [4.78, 5) is 16.2. The van der Waals surface area contributed by atoms with Crippen molar-refractivity contribution in [1.29, 1.82) is 0 Å². The summed E-state index contributed by atoms with van der Waals surface area (Å²) in [6, 6.07) is 10.3. The van der Waals surface area contributed by atoms with Crippen LogP contribution in [0.25, 0.3) is 6.08 Å². The highest BCUT2D eigenvalue weighted by Gasteiger charge is 2.30. The fourth-order valence-electron chi connectivity index (χ4n) is 3.07. The van der Waals surface area contributed by atoms with E-state index >= 15 is 0 Å². The van der Waals surface area contributed by atoms with Crippen LogP contribution in [0.4, 0.5) is 13.2 Å². The lowest BCUT2D eigenvalue weighted by atomic mass is 10.1. The Morgan fingerprint density at radius 2 is 1.62 bits per heavy atom. The average molecular weight is 443 g/mol. The molecule has 0 aromatic heterocycles. The monoisotopic (exact) mass is 442 g/mol. The van der Waals surface area contributed by atoms with Crippen LogP contribution in [-0.2, 0) is 17.5 Å². The number of benzene rings is 2. The van der Waals surface area contributed by atoms with Crippen LogP contribution in [0.2, 0.25) is 10.0 Å². The molecule has 0 bridgehead atoms. The van der Waals surface area contributed by atoms with Crippen molar-refractivity contribution < 1.29 is 18.0 Å². The van der Waals surface area contributed by atoms with Gasteiger partial charge in [0.1, 0.15) is 0 Å². The van der Waals surface area contributed by atoms with Crippen molar-refractivity contribution in [2.45, 2.75) is 12.7 Å². The quantitative estimate of drug-likeness (QED) is 0.594. The zero-order valence-corrected chi connectivity index (χ0v) is 16.9. The molecule has 1 aliphatic heterocycles. The molecule has 0 spiro atoms. The first-order chi connectivity index (χ1) is 13.7. The van der Waals surface area contributed by atoms with E-state index in [1.54, 1.807) is 29.2 Å². The summed E-state index contributed by atoms with van der Waals surface area (Å²) in [5, 5.41) is 0.887. The topological polar surface area (TPSA) is 23.6 Å². The number of nitrogens with zero attached hydrogens (tertiary/aromatic N) is 2. The normalized spacial score (nSPS) is 15.8. The van der Waals surface area contributed by atoms with Crippen LogP contribution >= 0.6 is 23.2 Å². The molecular weight excluding hydrogens is 424 g/mol.